The highest BCUT2D eigenvalue weighted by atomic mass is 31.1. The molecule has 42 heavy (non-hydrogen) atoms. The van der Waals surface area contributed by atoms with E-state index in [1.165, 1.54) is 18.2 Å². The lowest BCUT2D eigenvalue weighted by Gasteiger charge is -2.27. The van der Waals surface area contributed by atoms with E-state index in [9.17, 15) is 52.7 Å². The molecule has 2 aromatic carbocycles. The molecule has 2 aliphatic rings. The second-order valence-corrected chi connectivity index (χ2v) is 12.1. The van der Waals surface area contributed by atoms with Crippen molar-refractivity contribution in [1.82, 2.24) is 0 Å². The molecular weight excluding hydrogens is 613 g/mol. The zero-order chi connectivity index (χ0) is 31.4. The van der Waals surface area contributed by atoms with Gasteiger partial charge in [0.15, 0.2) is 5.90 Å². The molecule has 0 amide bonds. The van der Waals surface area contributed by atoms with Gasteiger partial charge < -0.3 is 4.74 Å². The first-order chi connectivity index (χ1) is 19.2. The molecular formula is C27H20F12NOP. The van der Waals surface area contributed by atoms with Crippen molar-refractivity contribution in [3.63, 3.8) is 0 Å². The van der Waals surface area contributed by atoms with Gasteiger partial charge in [-0.2, -0.15) is 52.7 Å². The molecule has 2 aromatic rings. The second kappa shape index (κ2) is 10.9. The van der Waals surface area contributed by atoms with Crippen molar-refractivity contribution in [3.8, 4) is 0 Å². The van der Waals surface area contributed by atoms with E-state index >= 15 is 0 Å². The number of nitrogens with zero attached hydrogens (tertiary/aromatic N) is 1. The van der Waals surface area contributed by atoms with Crippen molar-refractivity contribution in [1.29, 1.82) is 0 Å². The topological polar surface area (TPSA) is 21.6 Å². The van der Waals surface area contributed by atoms with Crippen molar-refractivity contribution in [2.45, 2.75) is 44.6 Å². The largest absolute Gasteiger partial charge is 0.478 e. The van der Waals surface area contributed by atoms with Crippen LogP contribution in [-0.4, -0.2) is 18.5 Å². The predicted octanol–water partition coefficient (Wildman–Crippen LogP) is 8.72. The number of rotatable bonds is 5. The smallest absolute Gasteiger partial charge is 0.416 e. The molecule has 2 atom stereocenters. The molecule has 15 heteroatoms. The third-order valence-electron chi connectivity index (χ3n) is 6.54. The summed E-state index contributed by atoms with van der Waals surface area (Å²) in [6.07, 6.45) is -17.2. The van der Waals surface area contributed by atoms with Gasteiger partial charge in [-0.25, -0.2) is 4.99 Å². The van der Waals surface area contributed by atoms with E-state index in [4.69, 9.17) is 4.74 Å². The Hall–Kier alpha value is -3.02. The van der Waals surface area contributed by atoms with Crippen LogP contribution in [0, 0.1) is 11.8 Å². The maximum absolute atomic E-state index is 13.7. The Kier molecular flexibility index (Phi) is 8.29. The van der Waals surface area contributed by atoms with Crippen LogP contribution in [0.15, 0.2) is 64.9 Å². The van der Waals surface area contributed by atoms with Crippen molar-refractivity contribution in [2.75, 3.05) is 6.61 Å². The number of ether oxygens (including phenoxy) is 1. The van der Waals surface area contributed by atoms with E-state index in [1.807, 2.05) is 13.8 Å². The summed E-state index contributed by atoms with van der Waals surface area (Å²) in [7, 11) is -2.85. The molecule has 0 bridgehead atoms. The Labute approximate surface area is 232 Å². The van der Waals surface area contributed by atoms with Gasteiger partial charge in [0.05, 0.1) is 34.2 Å². The maximum Gasteiger partial charge on any atom is 0.416 e. The minimum Gasteiger partial charge on any atom is -0.478 e. The lowest BCUT2D eigenvalue weighted by Crippen LogP contribution is -2.25. The van der Waals surface area contributed by atoms with E-state index in [1.54, 1.807) is 0 Å². The summed E-state index contributed by atoms with van der Waals surface area (Å²) in [5.74, 6) is -1.07. The van der Waals surface area contributed by atoms with Crippen molar-refractivity contribution in [2.24, 2.45) is 16.8 Å². The number of halogens is 12. The highest BCUT2D eigenvalue weighted by Crippen LogP contribution is 2.52. The van der Waals surface area contributed by atoms with E-state index in [2.05, 4.69) is 4.99 Å². The lowest BCUT2D eigenvalue weighted by molar-refractivity contribution is -0.144. The number of aliphatic imine (C=N–C) groups is 1. The SMILES string of the molecule is CC(C)[C@H]1COC(C2C=CC=C2P(c2cc(C(F)(F)F)cc(C(F)(F)F)c2)c2cc(C(F)(F)F)cc(C(F)(F)F)c2)=N1. The van der Waals surface area contributed by atoms with Gasteiger partial charge in [-0.3, -0.25) is 0 Å². The molecule has 0 radical (unpaired) electrons. The highest BCUT2D eigenvalue weighted by Gasteiger charge is 2.42. The van der Waals surface area contributed by atoms with Crippen LogP contribution in [-0.2, 0) is 29.4 Å². The lowest BCUT2D eigenvalue weighted by atomic mass is 10.1. The summed E-state index contributed by atoms with van der Waals surface area (Å²) in [5, 5.41) is -1.55. The van der Waals surface area contributed by atoms with Crippen LogP contribution < -0.4 is 10.6 Å². The highest BCUT2D eigenvalue weighted by molar-refractivity contribution is 7.76. The average Bonchev–Trinajstić information content (AvgIpc) is 3.52. The van der Waals surface area contributed by atoms with Gasteiger partial charge in [-0.1, -0.05) is 32.1 Å². The van der Waals surface area contributed by atoms with Crippen LogP contribution in [0.1, 0.15) is 36.1 Å². The summed E-state index contributed by atoms with van der Waals surface area (Å²) in [4.78, 5) is 4.41. The van der Waals surface area contributed by atoms with E-state index in [-0.39, 0.29) is 41.9 Å². The Morgan fingerprint density at radius 2 is 1.10 bits per heavy atom. The first-order valence-electron chi connectivity index (χ1n) is 12.1. The van der Waals surface area contributed by atoms with E-state index in [0.717, 1.165) is 0 Å². The summed E-state index contributed by atoms with van der Waals surface area (Å²) in [6, 6.07) is 0.577. The normalized spacial score (nSPS) is 19.9. The Bertz CT molecular complexity index is 1290. The minimum atomic E-state index is -5.31. The zero-order valence-corrected chi connectivity index (χ0v) is 22.4. The third kappa shape index (κ3) is 6.79. The maximum atomic E-state index is 13.7. The van der Waals surface area contributed by atoms with Gasteiger partial charge in [-0.15, -0.1) is 0 Å². The number of benzene rings is 2. The first kappa shape index (κ1) is 31.9. The molecule has 0 saturated heterocycles. The molecule has 0 N–H and O–H groups in total. The molecule has 2 nitrogen and oxygen atoms in total. The Morgan fingerprint density at radius 1 is 0.690 bits per heavy atom. The summed E-state index contributed by atoms with van der Waals surface area (Å²) in [5.41, 5.74) is -7.05. The predicted molar refractivity (Wildman–Crippen MR) is 132 cm³/mol. The third-order valence-corrected chi connectivity index (χ3v) is 9.03. The van der Waals surface area contributed by atoms with Gasteiger partial charge in [0.2, 0.25) is 0 Å². The van der Waals surface area contributed by atoms with Gasteiger partial charge >= 0.3 is 24.7 Å². The quantitative estimate of drug-likeness (QED) is 0.239. The Balaban J connectivity index is 2.02. The van der Waals surface area contributed by atoms with Crippen LogP contribution in [0.25, 0.3) is 0 Å². The van der Waals surface area contributed by atoms with Crippen molar-refractivity contribution >= 4 is 24.4 Å². The molecule has 0 saturated carbocycles. The molecule has 228 valence electrons. The minimum absolute atomic E-state index is 0.00671. The average molecular weight is 633 g/mol. The Morgan fingerprint density at radius 3 is 1.43 bits per heavy atom. The number of alkyl halides is 12. The van der Waals surface area contributed by atoms with Gasteiger partial charge in [0.25, 0.3) is 0 Å². The van der Waals surface area contributed by atoms with Gasteiger partial charge in [0.1, 0.15) is 6.61 Å². The van der Waals surface area contributed by atoms with Crippen LogP contribution >= 0.6 is 7.92 Å². The monoisotopic (exact) mass is 633 g/mol. The van der Waals surface area contributed by atoms with Gasteiger partial charge in [0, 0.05) is 0 Å². The molecule has 1 aliphatic carbocycles. The molecule has 1 heterocycles. The fourth-order valence-corrected chi connectivity index (χ4v) is 7.07. The summed E-state index contributed by atoms with van der Waals surface area (Å²) >= 11 is 0. The summed E-state index contributed by atoms with van der Waals surface area (Å²) in [6.45, 7) is 3.72. The van der Waals surface area contributed by atoms with E-state index in [0.29, 0.717) is 24.3 Å². The van der Waals surface area contributed by atoms with E-state index < -0.39 is 71.4 Å². The standard InChI is InChI=1S/C27H20F12NOP/c1-13(2)21-12-41-23(40-21)20-4-3-5-22(20)42(18-8-14(24(28,29)30)6-15(9-18)25(31,32)33)19-10-16(26(34,35)36)7-17(11-19)27(37,38)39/h3-11,13,20-21H,12H2,1-2H3/t20?,21-/m1/s1. The van der Waals surface area contributed by atoms with Gasteiger partial charge in [-0.05, 0) is 66.2 Å². The molecule has 0 spiro atoms. The van der Waals surface area contributed by atoms with Crippen molar-refractivity contribution in [3.05, 3.63) is 82.2 Å². The molecule has 0 fully saturated rings. The fourth-order valence-electron chi connectivity index (χ4n) is 4.39. The molecule has 4 rings (SSSR count). The number of hydrogen-bond acceptors (Lipinski definition) is 2. The zero-order valence-electron chi connectivity index (χ0n) is 21.5. The molecule has 1 aliphatic heterocycles. The first-order valence-corrected chi connectivity index (χ1v) is 13.5. The summed E-state index contributed by atoms with van der Waals surface area (Å²) < 4.78 is 170. The van der Waals surface area contributed by atoms with Crippen molar-refractivity contribution < 1.29 is 57.4 Å². The number of allylic oxidation sites excluding steroid dienone is 2. The fraction of sp³-hybridized carbons (Fsp3) is 0.370. The number of hydrogen-bond donors (Lipinski definition) is 0. The van der Waals surface area contributed by atoms with Crippen LogP contribution in [0.4, 0.5) is 52.7 Å². The van der Waals surface area contributed by atoms with Crippen LogP contribution in [0.2, 0.25) is 0 Å². The second-order valence-electron chi connectivity index (χ2n) is 9.91. The molecule has 1 unspecified atom stereocenters. The van der Waals surface area contributed by atoms with Crippen LogP contribution in [0.3, 0.4) is 0 Å². The van der Waals surface area contributed by atoms with Crippen LogP contribution in [0.5, 0.6) is 0 Å². The molecule has 0 aromatic heterocycles.